The van der Waals surface area contributed by atoms with E-state index in [9.17, 15) is 9.18 Å². The van der Waals surface area contributed by atoms with Gasteiger partial charge in [0.2, 0.25) is 5.91 Å². The van der Waals surface area contributed by atoms with Crippen molar-refractivity contribution in [1.82, 2.24) is 15.5 Å². The number of carbonyl (C=O) groups excluding carboxylic acids is 1. The van der Waals surface area contributed by atoms with Gasteiger partial charge in [-0.05, 0) is 50.3 Å². The zero-order valence-electron chi connectivity index (χ0n) is 17.8. The number of amides is 1. The van der Waals surface area contributed by atoms with Gasteiger partial charge in [-0.2, -0.15) is 0 Å². The van der Waals surface area contributed by atoms with Crippen LogP contribution < -0.4 is 15.4 Å². The number of fused-ring (bicyclic) bond motifs is 1. The fraction of sp³-hybridized carbons (Fsp3) is 0.636. The van der Waals surface area contributed by atoms with Crippen LogP contribution in [-0.4, -0.2) is 56.3 Å². The number of hydrogen-bond acceptors (Lipinski definition) is 4. The van der Waals surface area contributed by atoms with Crippen LogP contribution in [0.4, 0.5) is 4.39 Å². The number of aliphatic imine (C=N–C) groups is 1. The molecular weight excluding hydrogens is 387 g/mol. The van der Waals surface area contributed by atoms with Crippen molar-refractivity contribution in [2.45, 2.75) is 52.1 Å². The van der Waals surface area contributed by atoms with Crippen LogP contribution in [0.1, 0.15) is 50.2 Å². The topological polar surface area (TPSA) is 75.2 Å². The Balaban J connectivity index is 1.47. The monoisotopic (exact) mass is 420 g/mol. The van der Waals surface area contributed by atoms with Gasteiger partial charge in [0.15, 0.2) is 12.8 Å². The molecule has 3 rings (SSSR count). The smallest absolute Gasteiger partial charge is 0.222 e. The Hall–Kier alpha value is -2.35. The van der Waals surface area contributed by atoms with Gasteiger partial charge in [-0.25, -0.2) is 4.39 Å². The lowest BCUT2D eigenvalue weighted by atomic mass is 10.1. The third-order valence-corrected chi connectivity index (χ3v) is 5.31. The van der Waals surface area contributed by atoms with Crippen LogP contribution in [0.2, 0.25) is 0 Å². The highest BCUT2D eigenvalue weighted by Gasteiger charge is 2.17. The quantitative estimate of drug-likeness (QED) is 0.384. The minimum absolute atomic E-state index is 0.197. The van der Waals surface area contributed by atoms with Gasteiger partial charge in [0.05, 0.1) is 6.61 Å². The largest absolute Gasteiger partial charge is 0.467 e. The molecule has 1 fully saturated rings. The molecular formula is C22H33FN4O3. The first kappa shape index (κ1) is 22.3. The second kappa shape index (κ2) is 11.7. The highest BCUT2D eigenvalue weighted by molar-refractivity contribution is 5.79. The van der Waals surface area contributed by atoms with Crippen LogP contribution >= 0.6 is 0 Å². The summed E-state index contributed by atoms with van der Waals surface area (Å²) in [6, 6.07) is 2.99. The van der Waals surface area contributed by atoms with E-state index in [0.29, 0.717) is 32.5 Å². The molecule has 0 bridgehead atoms. The summed E-state index contributed by atoms with van der Waals surface area (Å²) in [4.78, 5) is 18.7. The van der Waals surface area contributed by atoms with Gasteiger partial charge in [0.25, 0.3) is 0 Å². The fourth-order valence-corrected chi connectivity index (χ4v) is 3.83. The third kappa shape index (κ3) is 6.58. The summed E-state index contributed by atoms with van der Waals surface area (Å²) in [7, 11) is 0. The molecule has 0 radical (unpaired) electrons. The van der Waals surface area contributed by atoms with Crippen molar-refractivity contribution in [1.29, 1.82) is 0 Å². The first-order valence-corrected chi connectivity index (χ1v) is 11.0. The Morgan fingerprint density at radius 3 is 3.03 bits per heavy atom. The Morgan fingerprint density at radius 2 is 2.17 bits per heavy atom. The van der Waals surface area contributed by atoms with Crippen molar-refractivity contribution in [2.75, 3.05) is 39.5 Å². The molecule has 0 saturated carbocycles. The Kier molecular flexibility index (Phi) is 8.74. The van der Waals surface area contributed by atoms with E-state index in [-0.39, 0.29) is 18.5 Å². The summed E-state index contributed by atoms with van der Waals surface area (Å²) in [5, 5.41) is 6.53. The number of rotatable bonds is 8. The number of ether oxygens (including phenoxy) is 2. The Morgan fingerprint density at radius 1 is 1.27 bits per heavy atom. The van der Waals surface area contributed by atoms with Gasteiger partial charge in [-0.3, -0.25) is 9.79 Å². The maximum Gasteiger partial charge on any atom is 0.222 e. The normalized spacial score (nSPS) is 17.2. The first-order valence-electron chi connectivity index (χ1n) is 11.0. The molecule has 30 heavy (non-hydrogen) atoms. The Labute approximate surface area is 178 Å². The molecule has 2 N–H and O–H groups in total. The molecule has 2 aliphatic heterocycles. The average molecular weight is 421 g/mol. The summed E-state index contributed by atoms with van der Waals surface area (Å²) < 4.78 is 24.7. The summed E-state index contributed by atoms with van der Waals surface area (Å²) >= 11 is 0. The summed E-state index contributed by atoms with van der Waals surface area (Å²) in [6.45, 7) is 6.23. The SMILES string of the molecule is CCNC(=NCCCN1CCCCCC1=O)NCCc1cc(F)cc2c1OCOC2. The molecule has 0 aliphatic carbocycles. The molecule has 0 aromatic heterocycles. The molecule has 1 saturated heterocycles. The molecule has 7 nitrogen and oxygen atoms in total. The summed E-state index contributed by atoms with van der Waals surface area (Å²) in [5.41, 5.74) is 1.58. The van der Waals surface area contributed by atoms with E-state index in [0.717, 1.165) is 68.2 Å². The van der Waals surface area contributed by atoms with Crippen LogP contribution in [0.3, 0.4) is 0 Å². The lowest BCUT2D eigenvalue weighted by Crippen LogP contribution is -2.38. The maximum atomic E-state index is 13.9. The van der Waals surface area contributed by atoms with Crippen LogP contribution in [0, 0.1) is 5.82 Å². The highest BCUT2D eigenvalue weighted by atomic mass is 19.1. The molecule has 8 heteroatoms. The van der Waals surface area contributed by atoms with Crippen molar-refractivity contribution in [3.8, 4) is 5.75 Å². The Bertz CT molecular complexity index is 741. The molecule has 1 aromatic rings. The van der Waals surface area contributed by atoms with Crippen molar-refractivity contribution in [3.05, 3.63) is 29.1 Å². The number of nitrogens with one attached hydrogen (secondary N) is 2. The molecule has 166 valence electrons. The van der Waals surface area contributed by atoms with Gasteiger partial charge >= 0.3 is 0 Å². The molecule has 0 atom stereocenters. The number of hydrogen-bond donors (Lipinski definition) is 2. The van der Waals surface area contributed by atoms with Crippen molar-refractivity contribution >= 4 is 11.9 Å². The molecule has 2 heterocycles. The molecule has 1 amide bonds. The number of carbonyl (C=O) groups is 1. The van der Waals surface area contributed by atoms with E-state index in [1.807, 2.05) is 11.8 Å². The molecule has 2 aliphatic rings. The zero-order valence-corrected chi connectivity index (χ0v) is 17.8. The first-order chi connectivity index (χ1) is 14.7. The predicted octanol–water partition coefficient (Wildman–Crippen LogP) is 2.58. The van der Waals surface area contributed by atoms with Gasteiger partial charge in [-0.15, -0.1) is 0 Å². The van der Waals surface area contributed by atoms with Crippen LogP contribution in [0.15, 0.2) is 17.1 Å². The molecule has 0 unspecified atom stereocenters. The second-order valence-electron chi connectivity index (χ2n) is 7.65. The number of likely N-dealkylation sites (tertiary alicyclic amines) is 1. The number of halogens is 1. The van der Waals surface area contributed by atoms with E-state index in [2.05, 4.69) is 15.6 Å². The minimum Gasteiger partial charge on any atom is -0.467 e. The summed E-state index contributed by atoms with van der Waals surface area (Å²) in [5.74, 6) is 1.46. The number of benzene rings is 1. The predicted molar refractivity (Wildman–Crippen MR) is 114 cm³/mol. The van der Waals surface area contributed by atoms with E-state index >= 15 is 0 Å². The van der Waals surface area contributed by atoms with Crippen molar-refractivity contribution < 1.29 is 18.7 Å². The second-order valence-corrected chi connectivity index (χ2v) is 7.65. The van der Waals surface area contributed by atoms with Crippen LogP contribution in [0.25, 0.3) is 0 Å². The van der Waals surface area contributed by atoms with Gasteiger partial charge in [-0.1, -0.05) is 6.42 Å². The lowest BCUT2D eigenvalue weighted by Gasteiger charge is -2.21. The third-order valence-electron chi connectivity index (χ3n) is 5.31. The van der Waals surface area contributed by atoms with Gasteiger partial charge in [0, 0.05) is 44.7 Å². The van der Waals surface area contributed by atoms with E-state index < -0.39 is 0 Å². The van der Waals surface area contributed by atoms with Crippen LogP contribution in [0.5, 0.6) is 5.75 Å². The average Bonchev–Trinajstić information content (AvgIpc) is 2.95. The van der Waals surface area contributed by atoms with Crippen molar-refractivity contribution in [2.24, 2.45) is 4.99 Å². The van der Waals surface area contributed by atoms with E-state index in [4.69, 9.17) is 9.47 Å². The molecule has 1 aromatic carbocycles. The van der Waals surface area contributed by atoms with Gasteiger partial charge in [0.1, 0.15) is 11.6 Å². The maximum absolute atomic E-state index is 13.9. The van der Waals surface area contributed by atoms with Crippen molar-refractivity contribution in [3.63, 3.8) is 0 Å². The molecule has 0 spiro atoms. The zero-order chi connectivity index (χ0) is 21.2. The van der Waals surface area contributed by atoms with E-state index in [1.54, 1.807) is 0 Å². The summed E-state index contributed by atoms with van der Waals surface area (Å²) in [6.07, 6.45) is 5.38. The van der Waals surface area contributed by atoms with Crippen LogP contribution in [-0.2, 0) is 22.6 Å². The fourth-order valence-electron chi connectivity index (χ4n) is 3.83. The minimum atomic E-state index is -0.276. The van der Waals surface area contributed by atoms with E-state index in [1.165, 1.54) is 12.1 Å². The standard InChI is InChI=1S/C22H33FN4O3/c1-2-24-22(25-9-6-12-27-11-5-3-4-7-20(27)28)26-10-8-17-13-19(23)14-18-15-29-16-30-21(17)18/h13-14H,2-12,15-16H2,1H3,(H2,24,25,26). The lowest BCUT2D eigenvalue weighted by molar-refractivity contribution is -0.130. The highest BCUT2D eigenvalue weighted by Crippen LogP contribution is 2.29. The number of guanidine groups is 1. The van der Waals surface area contributed by atoms with Gasteiger partial charge < -0.3 is 25.0 Å². The number of nitrogens with zero attached hydrogens (tertiary/aromatic N) is 2.